The van der Waals surface area contributed by atoms with Gasteiger partial charge >= 0.3 is 5.97 Å². The second-order valence-electron chi connectivity index (χ2n) is 5.76. The molecular formula is C17H20N2O4. The molecule has 1 aromatic heterocycles. The number of aliphatic hydroxyl groups is 1. The molecule has 0 bridgehead atoms. The van der Waals surface area contributed by atoms with Crippen LogP contribution >= 0.6 is 0 Å². The third-order valence-corrected chi connectivity index (χ3v) is 3.37. The van der Waals surface area contributed by atoms with Gasteiger partial charge < -0.3 is 14.6 Å². The van der Waals surface area contributed by atoms with Crippen LogP contribution in [0.2, 0.25) is 0 Å². The molecule has 23 heavy (non-hydrogen) atoms. The summed E-state index contributed by atoms with van der Waals surface area (Å²) in [6, 6.07) is 10.9. The number of ether oxygens (including phenoxy) is 2. The molecule has 0 aliphatic carbocycles. The maximum Gasteiger partial charge on any atom is 0.314 e. The number of hydrogen-bond acceptors (Lipinski definition) is 6. The van der Waals surface area contributed by atoms with Crippen molar-refractivity contribution in [1.29, 1.82) is 0 Å². The lowest BCUT2D eigenvalue weighted by Gasteiger charge is -2.21. The van der Waals surface area contributed by atoms with E-state index in [-0.39, 0.29) is 19.2 Å². The first kappa shape index (κ1) is 16.9. The summed E-state index contributed by atoms with van der Waals surface area (Å²) in [5, 5.41) is 16.9. The average molecular weight is 316 g/mol. The first-order chi connectivity index (χ1) is 11.0. The molecule has 1 N–H and O–H groups in total. The van der Waals surface area contributed by atoms with Gasteiger partial charge in [0.15, 0.2) is 0 Å². The lowest BCUT2D eigenvalue weighted by molar-refractivity contribution is -0.152. The van der Waals surface area contributed by atoms with Crippen molar-refractivity contribution in [2.24, 2.45) is 5.41 Å². The molecule has 2 aromatic rings. The van der Waals surface area contributed by atoms with Gasteiger partial charge in [-0.15, -0.1) is 0 Å². The van der Waals surface area contributed by atoms with E-state index in [0.717, 1.165) is 5.56 Å². The van der Waals surface area contributed by atoms with Crippen LogP contribution in [0.25, 0.3) is 11.3 Å². The third-order valence-electron chi connectivity index (χ3n) is 3.37. The van der Waals surface area contributed by atoms with Gasteiger partial charge in [-0.3, -0.25) is 4.79 Å². The number of nitrogens with zero attached hydrogens (tertiary/aromatic N) is 2. The van der Waals surface area contributed by atoms with Crippen LogP contribution in [-0.4, -0.2) is 35.0 Å². The van der Waals surface area contributed by atoms with Gasteiger partial charge in [-0.2, -0.15) is 10.2 Å². The van der Waals surface area contributed by atoms with Gasteiger partial charge in [0.2, 0.25) is 0 Å². The Bertz CT molecular complexity index is 651. The quantitative estimate of drug-likeness (QED) is 0.823. The van der Waals surface area contributed by atoms with Gasteiger partial charge in [0.05, 0.1) is 30.5 Å². The van der Waals surface area contributed by atoms with Crippen molar-refractivity contribution in [2.45, 2.75) is 20.5 Å². The molecule has 0 amide bonds. The Morgan fingerprint density at radius 3 is 2.35 bits per heavy atom. The molecule has 0 saturated carbocycles. The molecule has 122 valence electrons. The number of carbonyl (C=O) groups excluding carboxylic acids is 1. The summed E-state index contributed by atoms with van der Waals surface area (Å²) < 4.78 is 10.4. The number of aliphatic hydroxyl groups excluding tert-OH is 1. The molecule has 2 rings (SSSR count). The molecule has 6 nitrogen and oxygen atoms in total. The predicted octanol–water partition coefficient (Wildman–Crippen LogP) is 2.21. The normalized spacial score (nSPS) is 11.1. The van der Waals surface area contributed by atoms with E-state index in [1.807, 2.05) is 24.3 Å². The molecule has 0 unspecified atom stereocenters. The molecule has 0 atom stereocenters. The first-order valence-electron chi connectivity index (χ1n) is 7.21. The summed E-state index contributed by atoms with van der Waals surface area (Å²) in [6.07, 6.45) is 0. The van der Waals surface area contributed by atoms with Crippen molar-refractivity contribution in [3.63, 3.8) is 0 Å². The van der Waals surface area contributed by atoms with Crippen molar-refractivity contribution in [3.8, 4) is 17.0 Å². The highest BCUT2D eigenvalue weighted by Crippen LogP contribution is 2.23. The van der Waals surface area contributed by atoms with Gasteiger partial charge in [-0.05, 0) is 50.2 Å². The number of carbonyl (C=O) groups is 1. The van der Waals surface area contributed by atoms with Gasteiger partial charge in [-0.1, -0.05) is 0 Å². The Balaban J connectivity index is 2.03. The molecule has 1 aromatic carbocycles. The van der Waals surface area contributed by atoms with Crippen LogP contribution in [-0.2, 0) is 16.1 Å². The average Bonchev–Trinajstić information content (AvgIpc) is 2.60. The predicted molar refractivity (Wildman–Crippen MR) is 84.7 cm³/mol. The van der Waals surface area contributed by atoms with E-state index in [1.165, 1.54) is 7.11 Å². The molecule has 6 heteroatoms. The highest BCUT2D eigenvalue weighted by atomic mass is 16.5. The molecule has 0 saturated heterocycles. The minimum Gasteiger partial charge on any atom is -0.492 e. The fourth-order valence-corrected chi connectivity index (χ4v) is 1.92. The molecule has 0 fully saturated rings. The minimum atomic E-state index is -0.709. The zero-order chi connectivity index (χ0) is 16.9. The van der Waals surface area contributed by atoms with E-state index in [2.05, 4.69) is 10.2 Å². The molecule has 0 radical (unpaired) electrons. The van der Waals surface area contributed by atoms with Gasteiger partial charge in [0, 0.05) is 5.56 Å². The lowest BCUT2D eigenvalue weighted by Crippen LogP contribution is -2.32. The van der Waals surface area contributed by atoms with Gasteiger partial charge in [0.1, 0.15) is 12.4 Å². The van der Waals surface area contributed by atoms with Crippen LogP contribution in [0.3, 0.4) is 0 Å². The van der Waals surface area contributed by atoms with E-state index >= 15 is 0 Å². The smallest absolute Gasteiger partial charge is 0.314 e. The third kappa shape index (κ3) is 4.26. The Morgan fingerprint density at radius 1 is 1.13 bits per heavy atom. The maximum atomic E-state index is 11.6. The van der Waals surface area contributed by atoms with Crippen molar-refractivity contribution < 1.29 is 19.4 Å². The first-order valence-corrected chi connectivity index (χ1v) is 7.21. The standard InChI is InChI=1S/C17H20N2O4/c1-17(2,16(21)22-3)11-23-14-7-4-12(5-8-14)15-9-6-13(10-20)18-19-15/h4-9,20H,10-11H2,1-3H3. The Kier molecular flexibility index (Phi) is 5.28. The highest BCUT2D eigenvalue weighted by Gasteiger charge is 2.29. The Labute approximate surface area is 135 Å². The molecule has 0 aliphatic rings. The minimum absolute atomic E-state index is 0.129. The van der Waals surface area contributed by atoms with E-state index in [0.29, 0.717) is 17.1 Å². The molecular weight excluding hydrogens is 296 g/mol. The van der Waals surface area contributed by atoms with Crippen LogP contribution in [0.5, 0.6) is 5.75 Å². The van der Waals surface area contributed by atoms with E-state index in [1.54, 1.807) is 26.0 Å². The fourth-order valence-electron chi connectivity index (χ4n) is 1.92. The monoisotopic (exact) mass is 316 g/mol. The highest BCUT2D eigenvalue weighted by molar-refractivity contribution is 5.75. The summed E-state index contributed by atoms with van der Waals surface area (Å²) in [5.41, 5.74) is 1.42. The zero-order valence-electron chi connectivity index (χ0n) is 13.4. The zero-order valence-corrected chi connectivity index (χ0v) is 13.4. The van der Waals surface area contributed by atoms with Crippen molar-refractivity contribution in [3.05, 3.63) is 42.1 Å². The number of methoxy groups -OCH3 is 1. The number of esters is 1. The van der Waals surface area contributed by atoms with Crippen molar-refractivity contribution in [2.75, 3.05) is 13.7 Å². The fraction of sp³-hybridized carbons (Fsp3) is 0.353. The van der Waals surface area contributed by atoms with Crippen LogP contribution in [0.15, 0.2) is 36.4 Å². The summed E-state index contributed by atoms with van der Waals surface area (Å²) >= 11 is 0. The lowest BCUT2D eigenvalue weighted by atomic mass is 9.95. The summed E-state index contributed by atoms with van der Waals surface area (Å²) in [6.45, 7) is 3.64. The van der Waals surface area contributed by atoms with E-state index < -0.39 is 5.41 Å². The number of hydrogen-bond donors (Lipinski definition) is 1. The number of benzene rings is 1. The van der Waals surface area contributed by atoms with Crippen LogP contribution in [0.1, 0.15) is 19.5 Å². The van der Waals surface area contributed by atoms with Crippen LogP contribution in [0, 0.1) is 5.41 Å². The van der Waals surface area contributed by atoms with E-state index in [9.17, 15) is 4.79 Å². The second-order valence-corrected chi connectivity index (χ2v) is 5.76. The number of rotatable bonds is 6. The van der Waals surface area contributed by atoms with Crippen molar-refractivity contribution >= 4 is 5.97 Å². The summed E-state index contributed by atoms with van der Waals surface area (Å²) in [7, 11) is 1.36. The SMILES string of the molecule is COC(=O)C(C)(C)COc1ccc(-c2ccc(CO)nn2)cc1. The Morgan fingerprint density at radius 2 is 1.83 bits per heavy atom. The van der Waals surface area contributed by atoms with Crippen molar-refractivity contribution in [1.82, 2.24) is 10.2 Å². The topological polar surface area (TPSA) is 81.5 Å². The van der Waals surface area contributed by atoms with Gasteiger partial charge in [-0.25, -0.2) is 0 Å². The molecule has 1 heterocycles. The van der Waals surface area contributed by atoms with Gasteiger partial charge in [0.25, 0.3) is 0 Å². The van der Waals surface area contributed by atoms with E-state index in [4.69, 9.17) is 14.6 Å². The largest absolute Gasteiger partial charge is 0.492 e. The van der Waals surface area contributed by atoms with Crippen LogP contribution < -0.4 is 4.74 Å². The molecule has 0 aliphatic heterocycles. The summed E-state index contributed by atoms with van der Waals surface area (Å²) in [5.74, 6) is 0.346. The van der Waals surface area contributed by atoms with Crippen LogP contribution in [0.4, 0.5) is 0 Å². The Hall–Kier alpha value is -2.47. The summed E-state index contributed by atoms with van der Waals surface area (Å²) in [4.78, 5) is 11.6. The second kappa shape index (κ2) is 7.19. The molecule has 0 spiro atoms. The maximum absolute atomic E-state index is 11.6. The number of aromatic nitrogens is 2.